The summed E-state index contributed by atoms with van der Waals surface area (Å²) in [5, 5.41) is 15.2. The molecule has 37 heavy (non-hydrogen) atoms. The molecule has 3 N–H and O–H groups in total. The molecule has 0 radical (unpaired) electrons. The minimum atomic E-state index is -4.85. The first-order chi connectivity index (χ1) is 17.5. The van der Waals surface area contributed by atoms with Gasteiger partial charge >= 0.3 is 6.18 Å². The Morgan fingerprint density at radius 2 is 1.81 bits per heavy atom. The molecule has 0 fully saturated rings. The molecule has 4 rings (SSSR count). The predicted molar refractivity (Wildman–Crippen MR) is 133 cm³/mol. The van der Waals surface area contributed by atoms with E-state index >= 15 is 0 Å². The number of benzene rings is 2. The molecule has 0 saturated carbocycles. The van der Waals surface area contributed by atoms with Crippen molar-refractivity contribution < 1.29 is 22.8 Å². The third kappa shape index (κ3) is 5.46. The summed E-state index contributed by atoms with van der Waals surface area (Å²) in [5.74, 6) is -1.78. The van der Waals surface area contributed by atoms with Gasteiger partial charge in [-0.2, -0.15) is 23.5 Å². The number of hydrogen-bond donors (Lipinski definition) is 2. The molecule has 0 spiro atoms. The molecule has 0 atom stereocenters. The Bertz CT molecular complexity index is 1570. The van der Waals surface area contributed by atoms with E-state index in [4.69, 9.17) is 11.0 Å². The molecule has 0 aliphatic rings. The average Bonchev–Trinajstić information content (AvgIpc) is 3.15. The monoisotopic (exact) mass is 570 g/mol. The highest BCUT2D eigenvalue weighted by molar-refractivity contribution is 9.10. The Morgan fingerprint density at radius 1 is 1.14 bits per heavy atom. The second kappa shape index (κ2) is 10.0. The van der Waals surface area contributed by atoms with Crippen LogP contribution in [0.2, 0.25) is 0 Å². The van der Waals surface area contributed by atoms with Gasteiger partial charge in [0.15, 0.2) is 5.69 Å². The molecule has 12 heteroatoms. The van der Waals surface area contributed by atoms with Gasteiger partial charge in [-0.25, -0.2) is 4.98 Å². The van der Waals surface area contributed by atoms with E-state index in [2.05, 4.69) is 31.3 Å². The normalized spacial score (nSPS) is 11.4. The van der Waals surface area contributed by atoms with Gasteiger partial charge in [-0.1, -0.05) is 40.2 Å². The zero-order valence-corrected chi connectivity index (χ0v) is 20.8. The molecule has 0 bridgehead atoms. The van der Waals surface area contributed by atoms with Crippen LogP contribution in [0.25, 0.3) is 10.9 Å². The maximum atomic E-state index is 13.9. The lowest BCUT2D eigenvalue weighted by molar-refractivity contribution is -0.140. The first kappa shape index (κ1) is 25.8. The van der Waals surface area contributed by atoms with Crippen molar-refractivity contribution in [3.8, 4) is 6.07 Å². The summed E-state index contributed by atoms with van der Waals surface area (Å²) in [6, 6.07) is 14.8. The number of nitrogens with one attached hydrogen (secondary N) is 1. The fourth-order valence-corrected chi connectivity index (χ4v) is 4.13. The number of amides is 2. The quantitative estimate of drug-likeness (QED) is 0.338. The number of aromatic nitrogens is 3. The van der Waals surface area contributed by atoms with E-state index in [9.17, 15) is 22.8 Å². The van der Waals surface area contributed by atoms with E-state index in [0.29, 0.717) is 15.4 Å². The van der Waals surface area contributed by atoms with Crippen molar-refractivity contribution in [2.24, 2.45) is 5.73 Å². The van der Waals surface area contributed by atoms with Crippen molar-refractivity contribution in [1.82, 2.24) is 14.8 Å². The topological polar surface area (TPSA) is 127 Å². The highest BCUT2D eigenvalue weighted by atomic mass is 79.9. The van der Waals surface area contributed by atoms with Crippen molar-refractivity contribution in [3.05, 3.63) is 86.8 Å². The number of alkyl halides is 3. The van der Waals surface area contributed by atoms with Gasteiger partial charge in [0, 0.05) is 9.86 Å². The number of nitriles is 1. The minimum Gasteiger partial charge on any atom is -0.364 e. The summed E-state index contributed by atoms with van der Waals surface area (Å²) in [7, 11) is 0. The Hall–Kier alpha value is -4.24. The van der Waals surface area contributed by atoms with Crippen LogP contribution < -0.4 is 11.1 Å². The van der Waals surface area contributed by atoms with E-state index in [0.717, 1.165) is 16.3 Å². The third-order valence-corrected chi connectivity index (χ3v) is 6.11. The average molecular weight is 571 g/mol. The molecular weight excluding hydrogens is 553 g/mol. The summed E-state index contributed by atoms with van der Waals surface area (Å²) in [6.45, 7) is 1.42. The van der Waals surface area contributed by atoms with Gasteiger partial charge in [0.1, 0.15) is 5.69 Å². The van der Waals surface area contributed by atoms with Crippen LogP contribution in [0, 0.1) is 18.3 Å². The fourth-order valence-electron chi connectivity index (χ4n) is 3.77. The van der Waals surface area contributed by atoms with Gasteiger partial charge in [-0.05, 0) is 42.3 Å². The molecule has 0 aliphatic carbocycles. The van der Waals surface area contributed by atoms with Gasteiger partial charge in [0.2, 0.25) is 0 Å². The Labute approximate surface area is 217 Å². The number of primary amides is 1. The largest absolute Gasteiger partial charge is 0.437 e. The molecule has 8 nitrogen and oxygen atoms in total. The van der Waals surface area contributed by atoms with Crippen LogP contribution >= 0.6 is 15.9 Å². The van der Waals surface area contributed by atoms with Gasteiger partial charge in [-0.15, -0.1) is 0 Å². The number of rotatable bonds is 6. The third-order valence-electron chi connectivity index (χ3n) is 5.62. The highest BCUT2D eigenvalue weighted by Gasteiger charge is 2.39. The highest BCUT2D eigenvalue weighted by Crippen LogP contribution is 2.36. The maximum absolute atomic E-state index is 13.9. The summed E-state index contributed by atoms with van der Waals surface area (Å²) >= 11 is 3.30. The van der Waals surface area contributed by atoms with Crippen LogP contribution in [0.15, 0.2) is 53.0 Å². The van der Waals surface area contributed by atoms with Crippen molar-refractivity contribution in [2.45, 2.75) is 26.1 Å². The minimum absolute atomic E-state index is 0.00851. The number of hydrogen-bond acceptors (Lipinski definition) is 5. The number of carbonyl (C=O) groups is 2. The van der Waals surface area contributed by atoms with E-state index in [1.807, 2.05) is 6.07 Å². The number of nitrogens with zero attached hydrogens (tertiary/aromatic N) is 4. The molecule has 2 amide bonds. The van der Waals surface area contributed by atoms with E-state index in [-0.39, 0.29) is 35.4 Å². The Morgan fingerprint density at radius 3 is 2.43 bits per heavy atom. The number of fused-ring (bicyclic) bond motifs is 1. The Balaban J connectivity index is 1.74. The SMILES string of the molecule is Cc1c(NC(=O)c2cc(C(N)=O)nc3ccc(Br)cc23)c(C(F)(F)F)nn1Cc1ccc(CC#N)cc1. The van der Waals surface area contributed by atoms with Crippen molar-refractivity contribution in [3.63, 3.8) is 0 Å². The smallest absolute Gasteiger partial charge is 0.364 e. The summed E-state index contributed by atoms with van der Waals surface area (Å²) in [4.78, 5) is 29.2. The van der Waals surface area contributed by atoms with Crippen LogP contribution in [0.1, 0.15) is 43.4 Å². The number of pyridine rings is 1. The van der Waals surface area contributed by atoms with E-state index in [1.165, 1.54) is 6.92 Å². The zero-order chi connectivity index (χ0) is 26.9. The molecule has 0 aliphatic heterocycles. The number of carbonyl (C=O) groups excluding carboxylic acids is 2. The Kier molecular flexibility index (Phi) is 7.00. The molecule has 188 valence electrons. The van der Waals surface area contributed by atoms with Crippen molar-refractivity contribution >= 4 is 44.3 Å². The first-order valence-electron chi connectivity index (χ1n) is 10.8. The molecule has 2 aromatic carbocycles. The number of halogens is 4. The number of anilines is 1. The summed E-state index contributed by atoms with van der Waals surface area (Å²) in [5.41, 5.74) is 5.10. The van der Waals surface area contributed by atoms with Crippen LogP contribution in [0.5, 0.6) is 0 Å². The van der Waals surface area contributed by atoms with Gasteiger partial charge < -0.3 is 11.1 Å². The second-order valence-electron chi connectivity index (χ2n) is 8.15. The van der Waals surface area contributed by atoms with Crippen LogP contribution in [-0.4, -0.2) is 26.6 Å². The van der Waals surface area contributed by atoms with Crippen LogP contribution in [0.3, 0.4) is 0 Å². The second-order valence-corrected chi connectivity index (χ2v) is 9.07. The predicted octanol–water partition coefficient (Wildman–Crippen LogP) is 4.99. The molecule has 0 saturated heterocycles. The van der Waals surface area contributed by atoms with E-state index in [1.54, 1.807) is 42.5 Å². The maximum Gasteiger partial charge on any atom is 0.437 e. The lowest BCUT2D eigenvalue weighted by Gasteiger charge is -2.12. The lowest BCUT2D eigenvalue weighted by Crippen LogP contribution is -2.19. The molecule has 0 unspecified atom stereocenters. The van der Waals surface area contributed by atoms with Gasteiger partial charge in [-0.3, -0.25) is 14.3 Å². The molecular formula is C25H18BrF3N6O2. The van der Waals surface area contributed by atoms with Gasteiger partial charge in [0.05, 0.1) is 41.5 Å². The van der Waals surface area contributed by atoms with Crippen LogP contribution in [0.4, 0.5) is 18.9 Å². The standard InChI is InChI=1S/C25H18BrF3N6O2/c1-13-21(22(25(27,28)29)34-35(13)12-15-4-2-14(3-5-15)8-9-30)33-24(37)18-11-20(23(31)36)32-19-7-6-16(26)10-17(18)19/h2-7,10-11H,8,12H2,1H3,(H2,31,36)(H,33,37). The first-order valence-corrected chi connectivity index (χ1v) is 11.6. The summed E-state index contributed by atoms with van der Waals surface area (Å²) < 4.78 is 43.5. The van der Waals surface area contributed by atoms with E-state index < -0.39 is 29.4 Å². The van der Waals surface area contributed by atoms with Crippen molar-refractivity contribution in [1.29, 1.82) is 5.26 Å². The molecule has 2 aromatic heterocycles. The lowest BCUT2D eigenvalue weighted by atomic mass is 10.1. The van der Waals surface area contributed by atoms with Crippen molar-refractivity contribution in [2.75, 3.05) is 5.32 Å². The molecule has 4 aromatic rings. The van der Waals surface area contributed by atoms with Gasteiger partial charge in [0.25, 0.3) is 11.8 Å². The molecule has 2 heterocycles. The van der Waals surface area contributed by atoms with Crippen LogP contribution in [-0.2, 0) is 19.1 Å². The fraction of sp³-hybridized carbons (Fsp3) is 0.160. The number of nitrogens with two attached hydrogens (primary N) is 1. The zero-order valence-electron chi connectivity index (χ0n) is 19.2. The summed E-state index contributed by atoms with van der Waals surface area (Å²) in [6.07, 6.45) is -4.63.